The van der Waals surface area contributed by atoms with Gasteiger partial charge in [0.1, 0.15) is 6.61 Å². The summed E-state index contributed by atoms with van der Waals surface area (Å²) >= 11 is 0. The molecule has 5 nitrogen and oxygen atoms in total. The van der Waals surface area contributed by atoms with Crippen LogP contribution < -0.4 is 19.7 Å². The van der Waals surface area contributed by atoms with Crippen LogP contribution in [0.5, 0.6) is 11.5 Å². The van der Waals surface area contributed by atoms with Crippen LogP contribution in [0.3, 0.4) is 0 Å². The molecule has 0 saturated heterocycles. The molecule has 2 aliphatic heterocycles. The zero-order valence-electron chi connectivity index (χ0n) is 15.0. The van der Waals surface area contributed by atoms with Gasteiger partial charge in [0.2, 0.25) is 5.91 Å². The van der Waals surface area contributed by atoms with Gasteiger partial charge in [-0.1, -0.05) is 30.3 Å². The van der Waals surface area contributed by atoms with Gasteiger partial charge >= 0.3 is 0 Å². The van der Waals surface area contributed by atoms with E-state index in [0.717, 1.165) is 36.6 Å². The molecule has 0 unspecified atom stereocenters. The van der Waals surface area contributed by atoms with E-state index >= 15 is 0 Å². The Balaban J connectivity index is 1.31. The molecule has 2 heterocycles. The van der Waals surface area contributed by atoms with E-state index in [-0.39, 0.29) is 11.8 Å². The highest BCUT2D eigenvalue weighted by atomic mass is 16.5. The Morgan fingerprint density at radius 3 is 2.96 bits per heavy atom. The molecule has 5 heteroatoms. The van der Waals surface area contributed by atoms with E-state index in [9.17, 15) is 4.79 Å². The molecule has 0 fully saturated rings. The fraction of sp³-hybridized carbons (Fsp3) is 0.381. The van der Waals surface area contributed by atoms with Crippen LogP contribution in [0, 0.1) is 5.92 Å². The van der Waals surface area contributed by atoms with E-state index < -0.39 is 0 Å². The predicted molar refractivity (Wildman–Crippen MR) is 101 cm³/mol. The minimum absolute atomic E-state index is 0.0611. The Morgan fingerprint density at radius 1 is 1.23 bits per heavy atom. The third-order valence-corrected chi connectivity index (χ3v) is 5.21. The molecule has 26 heavy (non-hydrogen) atoms. The highest BCUT2D eigenvalue weighted by Gasteiger charge is 2.28. The van der Waals surface area contributed by atoms with Crippen LogP contribution in [0.2, 0.25) is 0 Å². The Hall–Kier alpha value is -2.69. The number of ether oxygens (including phenoxy) is 2. The lowest BCUT2D eigenvalue weighted by atomic mass is 9.95. The summed E-state index contributed by atoms with van der Waals surface area (Å²) in [6.45, 7) is 2.90. The molecule has 2 aromatic carbocycles. The number of benzene rings is 2. The maximum atomic E-state index is 12.5. The fourth-order valence-electron chi connectivity index (χ4n) is 3.82. The number of para-hydroxylation sites is 2. The summed E-state index contributed by atoms with van der Waals surface area (Å²) in [7, 11) is 1.63. The molecule has 0 bridgehead atoms. The number of nitrogens with one attached hydrogen (secondary N) is 1. The largest absolute Gasteiger partial charge is 0.493 e. The Bertz CT molecular complexity index is 806. The maximum absolute atomic E-state index is 12.5. The fourth-order valence-corrected chi connectivity index (χ4v) is 3.82. The molecule has 0 spiro atoms. The Labute approximate surface area is 153 Å². The SMILES string of the molecule is COc1cccc2c1OC[C@@H](C(=O)NCCN1CCc3ccccc31)C2. The number of fused-ring (bicyclic) bond motifs is 2. The number of carbonyl (C=O) groups is 1. The van der Waals surface area contributed by atoms with Crippen LogP contribution in [0.15, 0.2) is 42.5 Å². The minimum atomic E-state index is -0.152. The number of nitrogens with zero attached hydrogens (tertiary/aromatic N) is 1. The first-order valence-corrected chi connectivity index (χ1v) is 9.15. The molecule has 0 saturated carbocycles. The standard InChI is InChI=1S/C21H24N2O3/c1-25-19-8-4-6-16-13-17(14-26-20(16)19)21(24)22-10-12-23-11-9-15-5-2-3-7-18(15)23/h2-8,17H,9-14H2,1H3,(H,22,24)/t17-/m0/s1. The molecule has 1 amide bonds. The summed E-state index contributed by atoms with van der Waals surface area (Å²) in [5, 5.41) is 3.08. The number of methoxy groups -OCH3 is 1. The molecular weight excluding hydrogens is 328 g/mol. The van der Waals surface area contributed by atoms with Crippen molar-refractivity contribution in [3.8, 4) is 11.5 Å². The normalized spacial score (nSPS) is 17.9. The van der Waals surface area contributed by atoms with Crippen molar-refractivity contribution in [1.29, 1.82) is 0 Å². The van der Waals surface area contributed by atoms with Crippen molar-refractivity contribution in [2.24, 2.45) is 5.92 Å². The van der Waals surface area contributed by atoms with Gasteiger partial charge in [0.25, 0.3) is 0 Å². The molecule has 0 radical (unpaired) electrons. The Kier molecular flexibility index (Phi) is 4.69. The first-order chi connectivity index (χ1) is 12.8. The van der Waals surface area contributed by atoms with Crippen molar-refractivity contribution in [3.63, 3.8) is 0 Å². The van der Waals surface area contributed by atoms with Crippen LogP contribution in [0.1, 0.15) is 11.1 Å². The highest BCUT2D eigenvalue weighted by molar-refractivity contribution is 5.79. The summed E-state index contributed by atoms with van der Waals surface area (Å²) in [4.78, 5) is 14.9. The number of hydrogen-bond acceptors (Lipinski definition) is 4. The van der Waals surface area contributed by atoms with Crippen molar-refractivity contribution in [2.45, 2.75) is 12.8 Å². The highest BCUT2D eigenvalue weighted by Crippen LogP contribution is 2.36. The number of amides is 1. The minimum Gasteiger partial charge on any atom is -0.493 e. The van der Waals surface area contributed by atoms with Gasteiger partial charge in [-0.2, -0.15) is 0 Å². The van der Waals surface area contributed by atoms with Crippen molar-refractivity contribution in [1.82, 2.24) is 5.32 Å². The number of anilines is 1. The first kappa shape index (κ1) is 16.8. The van der Waals surface area contributed by atoms with Crippen LogP contribution in [-0.2, 0) is 17.6 Å². The molecule has 0 aromatic heterocycles. The van der Waals surface area contributed by atoms with Crippen molar-refractivity contribution < 1.29 is 14.3 Å². The second-order valence-corrected chi connectivity index (χ2v) is 6.82. The zero-order chi connectivity index (χ0) is 17.9. The summed E-state index contributed by atoms with van der Waals surface area (Å²) in [5.74, 6) is 1.41. The van der Waals surface area contributed by atoms with Gasteiger partial charge in [0.05, 0.1) is 13.0 Å². The molecule has 1 N–H and O–H groups in total. The van der Waals surface area contributed by atoms with E-state index in [1.165, 1.54) is 11.3 Å². The van der Waals surface area contributed by atoms with E-state index in [0.29, 0.717) is 19.6 Å². The third kappa shape index (κ3) is 3.21. The van der Waals surface area contributed by atoms with Crippen LogP contribution in [0.25, 0.3) is 0 Å². The lowest BCUT2D eigenvalue weighted by Crippen LogP contribution is -2.41. The molecule has 0 aliphatic carbocycles. The third-order valence-electron chi connectivity index (χ3n) is 5.21. The van der Waals surface area contributed by atoms with Crippen molar-refractivity contribution in [2.75, 3.05) is 38.3 Å². The van der Waals surface area contributed by atoms with E-state index in [1.807, 2.05) is 18.2 Å². The molecule has 1 atom stereocenters. The molecule has 136 valence electrons. The quantitative estimate of drug-likeness (QED) is 0.898. The number of hydrogen-bond donors (Lipinski definition) is 1. The maximum Gasteiger partial charge on any atom is 0.226 e. The number of carbonyl (C=O) groups excluding carboxylic acids is 1. The first-order valence-electron chi connectivity index (χ1n) is 9.15. The zero-order valence-corrected chi connectivity index (χ0v) is 15.0. The van der Waals surface area contributed by atoms with Gasteiger partial charge in [0, 0.05) is 25.3 Å². The summed E-state index contributed by atoms with van der Waals surface area (Å²) in [6.07, 6.45) is 1.77. The van der Waals surface area contributed by atoms with Crippen molar-refractivity contribution >= 4 is 11.6 Å². The van der Waals surface area contributed by atoms with Crippen LogP contribution in [0.4, 0.5) is 5.69 Å². The lowest BCUT2D eigenvalue weighted by Gasteiger charge is -2.26. The monoisotopic (exact) mass is 352 g/mol. The summed E-state index contributed by atoms with van der Waals surface area (Å²) in [6, 6.07) is 14.3. The van der Waals surface area contributed by atoms with Gasteiger partial charge < -0.3 is 19.7 Å². The van der Waals surface area contributed by atoms with Crippen LogP contribution >= 0.6 is 0 Å². The lowest BCUT2D eigenvalue weighted by molar-refractivity contribution is -0.126. The summed E-state index contributed by atoms with van der Waals surface area (Å²) < 4.78 is 11.1. The van der Waals surface area contributed by atoms with Gasteiger partial charge in [-0.3, -0.25) is 4.79 Å². The average molecular weight is 352 g/mol. The predicted octanol–water partition coefficient (Wildman–Crippen LogP) is 2.43. The van der Waals surface area contributed by atoms with Gasteiger partial charge in [0.15, 0.2) is 11.5 Å². The second kappa shape index (κ2) is 7.28. The number of rotatable bonds is 5. The second-order valence-electron chi connectivity index (χ2n) is 6.82. The molecular formula is C21H24N2O3. The molecule has 2 aliphatic rings. The smallest absolute Gasteiger partial charge is 0.226 e. The van der Waals surface area contributed by atoms with Gasteiger partial charge in [-0.05, 0) is 36.1 Å². The summed E-state index contributed by atoms with van der Waals surface area (Å²) in [5.41, 5.74) is 3.72. The van der Waals surface area contributed by atoms with Crippen LogP contribution in [-0.4, -0.2) is 39.3 Å². The van der Waals surface area contributed by atoms with Crippen molar-refractivity contribution in [3.05, 3.63) is 53.6 Å². The topological polar surface area (TPSA) is 50.8 Å². The van der Waals surface area contributed by atoms with E-state index in [4.69, 9.17) is 9.47 Å². The van der Waals surface area contributed by atoms with Gasteiger partial charge in [-0.15, -0.1) is 0 Å². The molecule has 4 rings (SSSR count). The molecule has 2 aromatic rings. The van der Waals surface area contributed by atoms with E-state index in [1.54, 1.807) is 7.11 Å². The van der Waals surface area contributed by atoms with E-state index in [2.05, 4.69) is 34.5 Å². The average Bonchev–Trinajstić information content (AvgIpc) is 3.10. The van der Waals surface area contributed by atoms with Gasteiger partial charge in [-0.25, -0.2) is 0 Å². The Morgan fingerprint density at radius 2 is 2.08 bits per heavy atom.